The van der Waals surface area contributed by atoms with Gasteiger partial charge in [-0.2, -0.15) is 5.10 Å². The van der Waals surface area contributed by atoms with Crippen molar-refractivity contribution in [2.75, 3.05) is 0 Å². The van der Waals surface area contributed by atoms with Crippen LogP contribution < -0.4 is 0 Å². The van der Waals surface area contributed by atoms with Gasteiger partial charge in [0.25, 0.3) is 0 Å². The number of hydrogen-bond acceptors (Lipinski definition) is 2. The molecule has 1 aromatic heterocycles. The normalized spacial score (nSPS) is 10.8. The average Bonchev–Trinajstić information content (AvgIpc) is 2.84. The molecular formula is C16H8ClF3N2O. The fourth-order valence-electron chi connectivity index (χ4n) is 2.18. The van der Waals surface area contributed by atoms with Crippen LogP contribution in [0.3, 0.4) is 0 Å². The molecule has 23 heavy (non-hydrogen) atoms. The van der Waals surface area contributed by atoms with Crippen LogP contribution >= 0.6 is 11.6 Å². The Morgan fingerprint density at radius 3 is 2.43 bits per heavy atom. The number of carbonyl (C=O) groups excluding carboxylic acids is 1. The Kier molecular flexibility index (Phi) is 3.92. The second-order valence-corrected chi connectivity index (χ2v) is 5.02. The predicted octanol–water partition coefficient (Wildman–Crippen LogP) is 4.42. The first kappa shape index (κ1) is 15.3. The number of hydrogen-bond donors (Lipinski definition) is 0. The molecule has 0 aliphatic carbocycles. The van der Waals surface area contributed by atoms with E-state index in [0.717, 1.165) is 16.8 Å². The van der Waals surface area contributed by atoms with E-state index in [9.17, 15) is 18.0 Å². The number of aldehydes is 1. The Balaban J connectivity index is 2.25. The first-order chi connectivity index (χ1) is 11.0. The lowest BCUT2D eigenvalue weighted by molar-refractivity contribution is 0.112. The van der Waals surface area contributed by atoms with Crippen LogP contribution in [0, 0.1) is 17.5 Å². The van der Waals surface area contributed by atoms with E-state index in [4.69, 9.17) is 11.6 Å². The van der Waals surface area contributed by atoms with Crippen LogP contribution in [0.4, 0.5) is 13.2 Å². The molecule has 0 unspecified atom stereocenters. The third kappa shape index (κ3) is 2.61. The number of nitrogens with zero attached hydrogens (tertiary/aromatic N) is 2. The SMILES string of the molecule is O=Cc1c(-c2ccccc2F)nn(-c2ccc(F)cc2F)c1Cl. The molecule has 0 aliphatic rings. The van der Waals surface area contributed by atoms with Gasteiger partial charge in [0.05, 0.1) is 5.56 Å². The predicted molar refractivity (Wildman–Crippen MR) is 79.3 cm³/mol. The molecule has 0 saturated carbocycles. The summed E-state index contributed by atoms with van der Waals surface area (Å²) in [6.45, 7) is 0. The van der Waals surface area contributed by atoms with Gasteiger partial charge in [0.1, 0.15) is 28.2 Å². The van der Waals surface area contributed by atoms with Crippen LogP contribution in [0.1, 0.15) is 10.4 Å². The van der Waals surface area contributed by atoms with Crippen LogP contribution in [-0.4, -0.2) is 16.1 Å². The second-order valence-electron chi connectivity index (χ2n) is 4.66. The average molecular weight is 337 g/mol. The molecule has 3 rings (SSSR count). The largest absolute Gasteiger partial charge is 0.298 e. The molecular weight excluding hydrogens is 329 g/mol. The van der Waals surface area contributed by atoms with Crippen LogP contribution in [0.15, 0.2) is 42.5 Å². The van der Waals surface area contributed by atoms with Crippen molar-refractivity contribution in [3.8, 4) is 16.9 Å². The zero-order chi connectivity index (χ0) is 16.6. The number of rotatable bonds is 3. The van der Waals surface area contributed by atoms with Gasteiger partial charge in [-0.05, 0) is 24.3 Å². The van der Waals surface area contributed by atoms with Gasteiger partial charge in [-0.15, -0.1) is 0 Å². The quantitative estimate of drug-likeness (QED) is 0.663. The molecule has 7 heteroatoms. The van der Waals surface area contributed by atoms with E-state index >= 15 is 0 Å². The molecule has 3 aromatic rings. The van der Waals surface area contributed by atoms with Gasteiger partial charge in [-0.1, -0.05) is 23.7 Å². The first-order valence-electron chi connectivity index (χ1n) is 6.47. The summed E-state index contributed by atoms with van der Waals surface area (Å²) in [5.74, 6) is -2.28. The lowest BCUT2D eigenvalue weighted by Crippen LogP contribution is -2.01. The monoisotopic (exact) mass is 336 g/mol. The Hall–Kier alpha value is -2.60. The number of halogens is 4. The Morgan fingerprint density at radius 1 is 1.04 bits per heavy atom. The molecule has 2 aromatic carbocycles. The van der Waals surface area contributed by atoms with Gasteiger partial charge in [0.15, 0.2) is 12.1 Å². The van der Waals surface area contributed by atoms with E-state index < -0.39 is 17.5 Å². The maximum Gasteiger partial charge on any atom is 0.155 e. The smallest absolute Gasteiger partial charge is 0.155 e. The third-order valence-corrected chi connectivity index (χ3v) is 3.61. The first-order valence-corrected chi connectivity index (χ1v) is 6.84. The molecule has 0 bridgehead atoms. The molecule has 0 spiro atoms. The van der Waals surface area contributed by atoms with Gasteiger partial charge < -0.3 is 0 Å². The van der Waals surface area contributed by atoms with E-state index in [1.807, 2.05) is 0 Å². The summed E-state index contributed by atoms with van der Waals surface area (Å²) in [5.41, 5.74) is -0.202. The highest BCUT2D eigenvalue weighted by molar-refractivity contribution is 6.32. The highest BCUT2D eigenvalue weighted by Gasteiger charge is 2.22. The summed E-state index contributed by atoms with van der Waals surface area (Å²) in [5, 5.41) is 3.83. The third-order valence-electron chi connectivity index (χ3n) is 3.25. The van der Waals surface area contributed by atoms with Gasteiger partial charge in [-0.25, -0.2) is 17.9 Å². The van der Waals surface area contributed by atoms with Crippen molar-refractivity contribution in [1.29, 1.82) is 0 Å². The van der Waals surface area contributed by atoms with E-state index in [-0.39, 0.29) is 27.7 Å². The summed E-state index contributed by atoms with van der Waals surface area (Å²) in [7, 11) is 0. The Labute approximate surface area is 133 Å². The second kappa shape index (κ2) is 5.89. The van der Waals surface area contributed by atoms with Gasteiger partial charge >= 0.3 is 0 Å². The maximum atomic E-state index is 13.9. The summed E-state index contributed by atoms with van der Waals surface area (Å²) in [6.07, 6.45) is 0.412. The van der Waals surface area contributed by atoms with Crippen LogP contribution in [0.25, 0.3) is 16.9 Å². The zero-order valence-electron chi connectivity index (χ0n) is 11.4. The minimum atomic E-state index is -0.910. The number of carbonyl (C=O) groups is 1. The van der Waals surface area contributed by atoms with Crippen molar-refractivity contribution in [3.63, 3.8) is 0 Å². The highest BCUT2D eigenvalue weighted by Crippen LogP contribution is 2.31. The standard InChI is InChI=1S/C16H8ClF3N2O/c17-16-11(8-23)15(10-3-1-2-4-12(10)19)21-22(16)14-6-5-9(18)7-13(14)20/h1-8H. The lowest BCUT2D eigenvalue weighted by atomic mass is 10.1. The van der Waals surface area contributed by atoms with E-state index in [1.54, 1.807) is 6.07 Å². The molecule has 0 aliphatic heterocycles. The van der Waals surface area contributed by atoms with E-state index in [0.29, 0.717) is 12.4 Å². The molecule has 0 amide bonds. The van der Waals surface area contributed by atoms with Crippen molar-refractivity contribution < 1.29 is 18.0 Å². The highest BCUT2D eigenvalue weighted by atomic mass is 35.5. The minimum absolute atomic E-state index is 0.0215. The molecule has 0 radical (unpaired) electrons. The number of benzene rings is 2. The van der Waals surface area contributed by atoms with Crippen LogP contribution in [-0.2, 0) is 0 Å². The van der Waals surface area contributed by atoms with Crippen molar-refractivity contribution in [2.45, 2.75) is 0 Å². The number of aromatic nitrogens is 2. The molecule has 0 fully saturated rings. The maximum absolute atomic E-state index is 13.9. The molecule has 0 N–H and O–H groups in total. The van der Waals surface area contributed by atoms with Gasteiger partial charge in [0, 0.05) is 11.6 Å². The van der Waals surface area contributed by atoms with Gasteiger partial charge in [-0.3, -0.25) is 4.79 Å². The van der Waals surface area contributed by atoms with Crippen LogP contribution in [0.2, 0.25) is 5.15 Å². The van der Waals surface area contributed by atoms with Crippen molar-refractivity contribution in [1.82, 2.24) is 9.78 Å². The molecule has 116 valence electrons. The zero-order valence-corrected chi connectivity index (χ0v) is 12.2. The fourth-order valence-corrected chi connectivity index (χ4v) is 2.44. The molecule has 0 saturated heterocycles. The van der Waals surface area contributed by atoms with Crippen molar-refractivity contribution in [3.05, 3.63) is 70.6 Å². The van der Waals surface area contributed by atoms with Crippen LogP contribution in [0.5, 0.6) is 0 Å². The summed E-state index contributed by atoms with van der Waals surface area (Å²) in [6, 6.07) is 8.50. The van der Waals surface area contributed by atoms with E-state index in [1.165, 1.54) is 18.2 Å². The van der Waals surface area contributed by atoms with Gasteiger partial charge in [0.2, 0.25) is 0 Å². The molecule has 3 nitrogen and oxygen atoms in total. The van der Waals surface area contributed by atoms with Crippen molar-refractivity contribution >= 4 is 17.9 Å². The topological polar surface area (TPSA) is 34.9 Å². The Bertz CT molecular complexity index is 908. The van der Waals surface area contributed by atoms with Crippen molar-refractivity contribution in [2.24, 2.45) is 0 Å². The lowest BCUT2D eigenvalue weighted by Gasteiger charge is -2.04. The Morgan fingerprint density at radius 2 is 1.78 bits per heavy atom. The minimum Gasteiger partial charge on any atom is -0.298 e. The molecule has 0 atom stereocenters. The summed E-state index contributed by atoms with van der Waals surface area (Å²) < 4.78 is 41.8. The van der Waals surface area contributed by atoms with E-state index in [2.05, 4.69) is 5.10 Å². The summed E-state index contributed by atoms with van der Waals surface area (Å²) in [4.78, 5) is 11.3. The fraction of sp³-hybridized carbons (Fsp3) is 0. The summed E-state index contributed by atoms with van der Waals surface area (Å²) >= 11 is 6.06. The molecule has 1 heterocycles.